The van der Waals surface area contributed by atoms with E-state index < -0.39 is 5.91 Å². The number of amides is 3. The Morgan fingerprint density at radius 3 is 2.10 bits per heavy atom. The number of anilines is 3. The van der Waals surface area contributed by atoms with E-state index in [4.69, 9.17) is 29.7 Å². The van der Waals surface area contributed by atoms with E-state index in [1.807, 2.05) is 74.8 Å². The molecule has 2 heterocycles. The average molecular weight is 790 g/mol. The summed E-state index contributed by atoms with van der Waals surface area (Å²) in [4.78, 5) is 59.8. The van der Waals surface area contributed by atoms with Crippen LogP contribution in [0.15, 0.2) is 77.8 Å². The highest BCUT2D eigenvalue weighted by molar-refractivity contribution is 6.00. The summed E-state index contributed by atoms with van der Waals surface area (Å²) in [5.74, 6) is 1.04. The molecule has 0 saturated heterocycles. The second-order valence-electron chi connectivity index (χ2n) is 14.5. The van der Waals surface area contributed by atoms with Crippen LogP contribution in [0.2, 0.25) is 0 Å². The van der Waals surface area contributed by atoms with Crippen LogP contribution in [0.5, 0.6) is 23.0 Å². The van der Waals surface area contributed by atoms with Crippen LogP contribution in [0.4, 0.5) is 22.7 Å². The molecule has 2 N–H and O–H groups in total. The van der Waals surface area contributed by atoms with Gasteiger partial charge in [0.25, 0.3) is 0 Å². The third kappa shape index (κ3) is 9.42. The molecule has 1 unspecified atom stereocenters. The van der Waals surface area contributed by atoms with Gasteiger partial charge in [0.2, 0.25) is 18.2 Å². The molecule has 58 heavy (non-hydrogen) atoms. The van der Waals surface area contributed by atoms with Gasteiger partial charge in [-0.15, -0.1) is 0 Å². The van der Waals surface area contributed by atoms with Crippen LogP contribution in [0.1, 0.15) is 59.2 Å². The molecule has 0 saturated carbocycles. The van der Waals surface area contributed by atoms with E-state index in [0.29, 0.717) is 61.0 Å². The van der Waals surface area contributed by atoms with E-state index in [2.05, 4.69) is 11.0 Å². The Morgan fingerprint density at radius 1 is 0.828 bits per heavy atom. The van der Waals surface area contributed by atoms with Crippen LogP contribution in [-0.2, 0) is 27.2 Å². The van der Waals surface area contributed by atoms with Crippen molar-refractivity contribution in [2.24, 2.45) is 10.7 Å². The minimum Gasteiger partial charge on any atom is -0.493 e. The molecule has 0 aromatic heterocycles. The fraction of sp³-hybridized carbons (Fsp3) is 0.356. The molecule has 13 heteroatoms. The number of unbranched alkanes of at least 4 members (excludes halogenated alkanes) is 2. The fourth-order valence-electron chi connectivity index (χ4n) is 7.55. The SMILES string of the molecule is COc1cc(C)c(N=C[C@@H]2Cc3ccccc3N2C=O)cc1OCCCCCOc1cc(N(CC2Cc3ccccc3N2C)C(=O)CCC(N)=O)c(C=O)cc1OC. The zero-order valence-corrected chi connectivity index (χ0v) is 33.5. The predicted octanol–water partition coefficient (Wildman–Crippen LogP) is 6.40. The van der Waals surface area contributed by atoms with Crippen molar-refractivity contribution < 1.29 is 38.1 Å². The van der Waals surface area contributed by atoms with E-state index in [9.17, 15) is 19.2 Å². The second kappa shape index (κ2) is 19.2. The topological polar surface area (TPSA) is 153 Å². The van der Waals surface area contributed by atoms with E-state index >= 15 is 0 Å². The van der Waals surface area contributed by atoms with Crippen LogP contribution < -0.4 is 39.4 Å². The number of para-hydroxylation sites is 2. The van der Waals surface area contributed by atoms with Crippen LogP contribution in [0.3, 0.4) is 0 Å². The molecule has 2 aliphatic rings. The third-order valence-electron chi connectivity index (χ3n) is 10.7. The molecule has 4 aromatic rings. The second-order valence-corrected chi connectivity index (χ2v) is 14.5. The predicted molar refractivity (Wildman–Crippen MR) is 225 cm³/mol. The maximum atomic E-state index is 13.7. The number of nitrogens with zero attached hydrogens (tertiary/aromatic N) is 4. The first-order valence-corrected chi connectivity index (χ1v) is 19.5. The van der Waals surface area contributed by atoms with Crippen molar-refractivity contribution in [3.63, 3.8) is 0 Å². The zero-order valence-electron chi connectivity index (χ0n) is 33.5. The van der Waals surface area contributed by atoms with Gasteiger partial charge in [0.1, 0.15) is 0 Å². The Kier molecular flexibility index (Phi) is 13.6. The molecule has 2 atom stereocenters. The summed E-state index contributed by atoms with van der Waals surface area (Å²) in [7, 11) is 5.09. The maximum absolute atomic E-state index is 13.7. The van der Waals surface area contributed by atoms with Gasteiger partial charge in [-0.2, -0.15) is 0 Å². The van der Waals surface area contributed by atoms with Crippen LogP contribution >= 0.6 is 0 Å². The number of aldehydes is 1. The first kappa shape index (κ1) is 41.3. The van der Waals surface area contributed by atoms with Crippen LogP contribution in [-0.4, -0.2) is 83.8 Å². The Hall–Kier alpha value is -6.37. The number of hydrogen-bond donors (Lipinski definition) is 1. The van der Waals surface area contributed by atoms with E-state index in [0.717, 1.165) is 53.9 Å². The molecule has 6 rings (SSSR count). The summed E-state index contributed by atoms with van der Waals surface area (Å²) >= 11 is 0. The molecule has 13 nitrogen and oxygen atoms in total. The Balaban J connectivity index is 1.07. The largest absolute Gasteiger partial charge is 0.493 e. The Bertz CT molecular complexity index is 2160. The van der Waals surface area contributed by atoms with Gasteiger partial charge >= 0.3 is 0 Å². The molecule has 0 radical (unpaired) electrons. The first-order valence-electron chi connectivity index (χ1n) is 19.5. The molecule has 4 aromatic carbocycles. The number of benzene rings is 4. The molecular weight excluding hydrogens is 739 g/mol. The lowest BCUT2D eigenvalue weighted by atomic mass is 10.1. The van der Waals surface area contributed by atoms with Crippen molar-refractivity contribution in [2.75, 3.05) is 55.7 Å². The molecule has 0 fully saturated rings. The minimum atomic E-state index is -0.579. The smallest absolute Gasteiger partial charge is 0.227 e. The standard InChI is InChI=1S/C45H51N5O8/c1-30-20-40(55-3)42(24-36(30)47-26-34-21-32-13-7-9-15-38(32)50(34)29-52)57-18-10-5-11-19-58-43-25-39(33(28-51)23-41(43)56-4)49(45(54)17-16-44(46)53)27-35-22-31-12-6-8-14-37(31)48(35)2/h6-9,12-15,20,23-26,28-29,34-35H,5,10-11,16-19,21-22,27H2,1-4H3,(H2,46,53)/t34-,35?/m0/s1. The Morgan fingerprint density at radius 2 is 1.47 bits per heavy atom. The lowest BCUT2D eigenvalue weighted by Gasteiger charge is -2.31. The zero-order chi connectivity index (χ0) is 41.2. The summed E-state index contributed by atoms with van der Waals surface area (Å²) in [6.45, 7) is 3.02. The highest BCUT2D eigenvalue weighted by Crippen LogP contribution is 2.38. The van der Waals surface area contributed by atoms with Gasteiger partial charge in [0, 0.05) is 68.1 Å². The number of rotatable bonds is 20. The van der Waals surface area contributed by atoms with Crippen molar-refractivity contribution in [1.29, 1.82) is 0 Å². The molecule has 0 bridgehead atoms. The third-order valence-corrected chi connectivity index (χ3v) is 10.7. The number of carbonyl (C=O) groups is 4. The highest BCUT2D eigenvalue weighted by Gasteiger charge is 2.32. The number of carbonyl (C=O) groups excluding carboxylic acids is 4. The molecular formula is C45H51N5O8. The van der Waals surface area contributed by atoms with E-state index in [1.54, 1.807) is 29.0 Å². The summed E-state index contributed by atoms with van der Waals surface area (Å²) in [6.07, 6.45) is 6.78. The number of hydrogen-bond acceptors (Lipinski definition) is 10. The summed E-state index contributed by atoms with van der Waals surface area (Å²) in [6, 6.07) is 22.7. The van der Waals surface area contributed by atoms with Gasteiger partial charge in [-0.3, -0.25) is 24.2 Å². The number of fused-ring (bicyclic) bond motifs is 2. The van der Waals surface area contributed by atoms with Crippen molar-refractivity contribution in [3.8, 4) is 23.0 Å². The van der Waals surface area contributed by atoms with Gasteiger partial charge in [0.15, 0.2) is 29.3 Å². The average Bonchev–Trinajstić information content (AvgIpc) is 3.76. The van der Waals surface area contributed by atoms with E-state index in [1.165, 1.54) is 12.7 Å². The van der Waals surface area contributed by atoms with Gasteiger partial charge < -0.3 is 39.4 Å². The van der Waals surface area contributed by atoms with Crippen molar-refractivity contribution >= 4 is 53.5 Å². The number of methoxy groups -OCH3 is 2. The minimum absolute atomic E-state index is 0.0629. The number of aliphatic imine (C=N–C) groups is 1. The van der Waals surface area contributed by atoms with Crippen LogP contribution in [0, 0.1) is 6.92 Å². The maximum Gasteiger partial charge on any atom is 0.227 e. The highest BCUT2D eigenvalue weighted by atomic mass is 16.5. The van der Waals surface area contributed by atoms with Gasteiger partial charge in [-0.05, 0) is 73.6 Å². The van der Waals surface area contributed by atoms with Gasteiger partial charge in [0.05, 0.1) is 50.9 Å². The Labute approximate surface area is 339 Å². The number of likely N-dealkylation sites (N-methyl/N-ethyl adjacent to an activating group) is 1. The molecule has 304 valence electrons. The van der Waals surface area contributed by atoms with Gasteiger partial charge in [-0.1, -0.05) is 36.4 Å². The van der Waals surface area contributed by atoms with Crippen molar-refractivity contribution in [2.45, 2.75) is 64.0 Å². The van der Waals surface area contributed by atoms with E-state index in [-0.39, 0.29) is 42.9 Å². The molecule has 2 aliphatic heterocycles. The van der Waals surface area contributed by atoms with Crippen molar-refractivity contribution in [1.82, 2.24) is 0 Å². The molecule has 0 spiro atoms. The summed E-state index contributed by atoms with van der Waals surface area (Å²) < 4.78 is 23.6. The fourth-order valence-corrected chi connectivity index (χ4v) is 7.55. The molecule has 3 amide bonds. The summed E-state index contributed by atoms with van der Waals surface area (Å²) in [5.41, 5.74) is 12.0. The number of primary amides is 1. The van der Waals surface area contributed by atoms with Crippen LogP contribution in [0.25, 0.3) is 0 Å². The monoisotopic (exact) mass is 789 g/mol. The lowest BCUT2D eigenvalue weighted by molar-refractivity contribution is -0.123. The number of aryl methyl sites for hydroxylation is 1. The lowest BCUT2D eigenvalue weighted by Crippen LogP contribution is -2.44. The van der Waals surface area contributed by atoms with Gasteiger partial charge in [-0.25, -0.2) is 0 Å². The van der Waals surface area contributed by atoms with Crippen molar-refractivity contribution in [3.05, 3.63) is 95.1 Å². The quantitative estimate of drug-likeness (QED) is 0.0609. The molecule has 0 aliphatic carbocycles. The summed E-state index contributed by atoms with van der Waals surface area (Å²) in [5, 5.41) is 0. The number of ether oxygens (including phenoxy) is 4. The number of nitrogens with two attached hydrogens (primary N) is 1. The normalized spacial score (nSPS) is 15.5. The first-order chi connectivity index (χ1) is 28.1.